The highest BCUT2D eigenvalue weighted by Gasteiger charge is 2.09. The maximum absolute atomic E-state index is 11.9. The van der Waals surface area contributed by atoms with Gasteiger partial charge in [-0.05, 0) is 36.8 Å². The first-order valence-corrected chi connectivity index (χ1v) is 6.42. The van der Waals surface area contributed by atoms with E-state index in [0.29, 0.717) is 21.3 Å². The Kier molecular flexibility index (Phi) is 4.01. The Morgan fingerprint density at radius 2 is 2.32 bits per heavy atom. The largest absolute Gasteiger partial charge is 0.326 e. The number of rotatable bonds is 3. The molecule has 1 aromatic heterocycles. The Balaban J connectivity index is 2.07. The summed E-state index contributed by atoms with van der Waals surface area (Å²) in [6.07, 6.45) is 0.148. The molecule has 0 spiro atoms. The van der Waals surface area contributed by atoms with Gasteiger partial charge >= 0.3 is 0 Å². The van der Waals surface area contributed by atoms with Crippen LogP contribution in [0.15, 0.2) is 18.2 Å². The van der Waals surface area contributed by atoms with Crippen molar-refractivity contribution in [2.24, 2.45) is 7.05 Å². The van der Waals surface area contributed by atoms with E-state index in [9.17, 15) is 4.79 Å². The zero-order valence-electron chi connectivity index (χ0n) is 10.5. The van der Waals surface area contributed by atoms with Crippen molar-refractivity contribution in [3.05, 3.63) is 39.4 Å². The van der Waals surface area contributed by atoms with E-state index in [2.05, 4.69) is 15.5 Å². The third-order valence-electron chi connectivity index (χ3n) is 2.75. The summed E-state index contributed by atoms with van der Waals surface area (Å²) in [7, 11) is 1.76. The third kappa shape index (κ3) is 3.21. The van der Waals surface area contributed by atoms with Crippen molar-refractivity contribution < 1.29 is 4.79 Å². The second kappa shape index (κ2) is 5.54. The first-order chi connectivity index (χ1) is 8.97. The summed E-state index contributed by atoms with van der Waals surface area (Å²) in [4.78, 5) is 11.9. The number of anilines is 1. The van der Waals surface area contributed by atoms with Gasteiger partial charge in [-0.15, -0.1) is 0 Å². The van der Waals surface area contributed by atoms with Gasteiger partial charge in [0.15, 0.2) is 4.77 Å². The van der Waals surface area contributed by atoms with Gasteiger partial charge < -0.3 is 9.88 Å². The Morgan fingerprint density at radius 3 is 2.89 bits per heavy atom. The SMILES string of the molecule is Cc1ccc(NC(=O)Cc2n[nH]c(=S)n2C)cc1Cl. The minimum Gasteiger partial charge on any atom is -0.326 e. The van der Waals surface area contributed by atoms with E-state index in [1.54, 1.807) is 17.7 Å². The monoisotopic (exact) mass is 296 g/mol. The quantitative estimate of drug-likeness (QED) is 0.856. The zero-order chi connectivity index (χ0) is 14.0. The molecule has 0 bridgehead atoms. The van der Waals surface area contributed by atoms with Gasteiger partial charge in [0.1, 0.15) is 5.82 Å². The molecule has 2 aromatic rings. The molecule has 0 unspecified atom stereocenters. The maximum atomic E-state index is 11.9. The Labute approximate surface area is 120 Å². The molecule has 7 heteroatoms. The van der Waals surface area contributed by atoms with Crippen molar-refractivity contribution >= 4 is 35.4 Å². The molecule has 100 valence electrons. The number of hydrogen-bond donors (Lipinski definition) is 2. The van der Waals surface area contributed by atoms with Crippen LogP contribution in [0, 0.1) is 11.7 Å². The van der Waals surface area contributed by atoms with E-state index in [1.165, 1.54) is 0 Å². The van der Waals surface area contributed by atoms with Crippen molar-refractivity contribution in [1.29, 1.82) is 0 Å². The number of aromatic amines is 1. The van der Waals surface area contributed by atoms with Crippen LogP contribution in [0.1, 0.15) is 11.4 Å². The molecule has 0 saturated carbocycles. The van der Waals surface area contributed by atoms with Gasteiger partial charge in [-0.2, -0.15) is 5.10 Å². The molecule has 5 nitrogen and oxygen atoms in total. The van der Waals surface area contributed by atoms with E-state index in [1.807, 2.05) is 19.1 Å². The molecule has 19 heavy (non-hydrogen) atoms. The van der Waals surface area contributed by atoms with E-state index >= 15 is 0 Å². The van der Waals surface area contributed by atoms with Crippen LogP contribution in [0.3, 0.4) is 0 Å². The number of hydrogen-bond acceptors (Lipinski definition) is 3. The van der Waals surface area contributed by atoms with Gasteiger partial charge in [0.25, 0.3) is 0 Å². The van der Waals surface area contributed by atoms with Gasteiger partial charge in [-0.25, -0.2) is 0 Å². The summed E-state index contributed by atoms with van der Waals surface area (Å²) >= 11 is 11.0. The lowest BCUT2D eigenvalue weighted by Crippen LogP contribution is -2.16. The van der Waals surface area contributed by atoms with E-state index < -0.39 is 0 Å². The normalized spacial score (nSPS) is 10.5. The predicted octanol–water partition coefficient (Wildman–Crippen LogP) is 2.62. The molecular formula is C12H13ClN4OS. The predicted molar refractivity (Wildman–Crippen MR) is 76.9 cm³/mol. The van der Waals surface area contributed by atoms with Crippen LogP contribution in [0.5, 0.6) is 0 Å². The summed E-state index contributed by atoms with van der Waals surface area (Å²) in [6, 6.07) is 5.38. The number of aryl methyl sites for hydroxylation is 1. The molecule has 0 fully saturated rings. The molecule has 0 saturated heterocycles. The molecule has 0 aliphatic carbocycles. The minimum atomic E-state index is -0.169. The van der Waals surface area contributed by atoms with Gasteiger partial charge in [-0.3, -0.25) is 9.89 Å². The van der Waals surface area contributed by atoms with Gasteiger partial charge in [0, 0.05) is 17.8 Å². The first kappa shape index (κ1) is 13.8. The number of benzene rings is 1. The van der Waals surface area contributed by atoms with Crippen molar-refractivity contribution in [3.8, 4) is 0 Å². The highest BCUT2D eigenvalue weighted by molar-refractivity contribution is 7.71. The van der Waals surface area contributed by atoms with Crippen LogP contribution in [-0.4, -0.2) is 20.7 Å². The third-order valence-corrected chi connectivity index (χ3v) is 3.52. The Hall–Kier alpha value is -1.66. The number of halogens is 1. The summed E-state index contributed by atoms with van der Waals surface area (Å²) in [5.74, 6) is 0.415. The molecule has 1 aromatic carbocycles. The molecule has 1 amide bonds. The molecular weight excluding hydrogens is 284 g/mol. The lowest BCUT2D eigenvalue weighted by Gasteiger charge is -2.06. The number of nitrogens with one attached hydrogen (secondary N) is 2. The molecule has 2 rings (SSSR count). The maximum Gasteiger partial charge on any atom is 0.232 e. The standard InChI is InChI=1S/C12H13ClN4OS/c1-7-3-4-8(5-9(7)13)14-11(18)6-10-15-16-12(19)17(10)2/h3-5H,6H2,1-2H3,(H,14,18)(H,16,19). The van der Waals surface area contributed by atoms with Crippen molar-refractivity contribution in [1.82, 2.24) is 14.8 Å². The summed E-state index contributed by atoms with van der Waals surface area (Å²) in [6.45, 7) is 1.91. The molecule has 2 N–H and O–H groups in total. The lowest BCUT2D eigenvalue weighted by molar-refractivity contribution is -0.115. The number of carbonyl (C=O) groups is 1. The molecule has 0 atom stereocenters. The smallest absolute Gasteiger partial charge is 0.232 e. The highest BCUT2D eigenvalue weighted by atomic mass is 35.5. The second-order valence-electron chi connectivity index (χ2n) is 4.19. The molecule has 1 heterocycles. The highest BCUT2D eigenvalue weighted by Crippen LogP contribution is 2.19. The zero-order valence-corrected chi connectivity index (χ0v) is 12.1. The second-order valence-corrected chi connectivity index (χ2v) is 4.99. The van der Waals surface area contributed by atoms with E-state index in [4.69, 9.17) is 23.8 Å². The fraction of sp³-hybridized carbons (Fsp3) is 0.250. The van der Waals surface area contributed by atoms with Crippen molar-refractivity contribution in [3.63, 3.8) is 0 Å². The fourth-order valence-electron chi connectivity index (χ4n) is 1.56. The summed E-state index contributed by atoms with van der Waals surface area (Å²) in [5, 5.41) is 10.0. The van der Waals surface area contributed by atoms with Gasteiger partial charge in [0.2, 0.25) is 5.91 Å². The topological polar surface area (TPSA) is 62.7 Å². The van der Waals surface area contributed by atoms with Gasteiger partial charge in [0.05, 0.1) is 6.42 Å². The lowest BCUT2D eigenvalue weighted by atomic mass is 10.2. The number of aromatic nitrogens is 3. The fourth-order valence-corrected chi connectivity index (χ4v) is 1.89. The van der Waals surface area contributed by atoms with Crippen molar-refractivity contribution in [2.75, 3.05) is 5.32 Å². The van der Waals surface area contributed by atoms with E-state index in [-0.39, 0.29) is 12.3 Å². The first-order valence-electron chi connectivity index (χ1n) is 5.63. The van der Waals surface area contributed by atoms with Crippen LogP contribution in [0.2, 0.25) is 5.02 Å². The number of H-pyrrole nitrogens is 1. The average Bonchev–Trinajstić information content (AvgIpc) is 2.66. The summed E-state index contributed by atoms with van der Waals surface area (Å²) < 4.78 is 2.15. The van der Waals surface area contributed by atoms with Crippen LogP contribution in [0.25, 0.3) is 0 Å². The van der Waals surface area contributed by atoms with Crippen molar-refractivity contribution in [2.45, 2.75) is 13.3 Å². The Bertz CT molecular complexity index is 677. The van der Waals surface area contributed by atoms with Gasteiger partial charge in [-0.1, -0.05) is 17.7 Å². The average molecular weight is 297 g/mol. The van der Waals surface area contributed by atoms with Crippen LogP contribution in [-0.2, 0) is 18.3 Å². The minimum absolute atomic E-state index is 0.148. The number of nitrogens with zero attached hydrogens (tertiary/aromatic N) is 2. The Morgan fingerprint density at radius 1 is 1.58 bits per heavy atom. The number of amides is 1. The summed E-state index contributed by atoms with van der Waals surface area (Å²) in [5.41, 5.74) is 1.63. The van der Waals surface area contributed by atoms with E-state index in [0.717, 1.165) is 5.56 Å². The van der Waals surface area contributed by atoms with Crippen LogP contribution in [0.4, 0.5) is 5.69 Å². The van der Waals surface area contributed by atoms with Crippen LogP contribution < -0.4 is 5.32 Å². The molecule has 0 radical (unpaired) electrons. The number of carbonyl (C=O) groups excluding carboxylic acids is 1. The molecule has 0 aliphatic heterocycles. The van der Waals surface area contributed by atoms with Crippen LogP contribution >= 0.6 is 23.8 Å². The molecule has 0 aliphatic rings.